The van der Waals surface area contributed by atoms with E-state index in [-0.39, 0.29) is 11.6 Å². The van der Waals surface area contributed by atoms with Crippen LogP contribution in [0.15, 0.2) is 15.5 Å². The van der Waals surface area contributed by atoms with Gasteiger partial charge in [-0.2, -0.15) is 12.8 Å². The highest BCUT2D eigenvalue weighted by atomic mass is 32.2. The Hall–Kier alpha value is -0.880. The third-order valence-corrected chi connectivity index (χ3v) is 2.32. The number of nitrogens with zero attached hydrogens (tertiary/aromatic N) is 1. The second kappa shape index (κ2) is 2.63. The summed E-state index contributed by atoms with van der Waals surface area (Å²) in [6, 6.07) is 0. The molecule has 0 aromatic heterocycles. The Bertz CT molecular complexity index is 315. The lowest BCUT2D eigenvalue weighted by Crippen LogP contribution is -2.04. The molecule has 0 spiro atoms. The van der Waals surface area contributed by atoms with Crippen LogP contribution in [0, 0.1) is 0 Å². The molecule has 0 bridgehead atoms. The highest BCUT2D eigenvalue weighted by Gasteiger charge is 2.20. The van der Waals surface area contributed by atoms with Crippen molar-refractivity contribution in [1.82, 2.24) is 0 Å². The largest absolute Gasteiger partial charge is 0.388 e. The Morgan fingerprint density at radius 1 is 1.73 bits per heavy atom. The van der Waals surface area contributed by atoms with Crippen molar-refractivity contribution in [3.8, 4) is 0 Å². The summed E-state index contributed by atoms with van der Waals surface area (Å²) in [5, 5.41) is -0.218. The molecule has 0 saturated carbocycles. The summed E-state index contributed by atoms with van der Waals surface area (Å²) >= 11 is 0. The standard InChI is InChI=1S/C5H8N2O3S/c1-10-3-4-2-5(6)11(8,9)7-4/h2H,3,6H2,1H3. The van der Waals surface area contributed by atoms with Gasteiger partial charge in [-0.05, 0) is 6.08 Å². The predicted molar refractivity (Wildman–Crippen MR) is 40.5 cm³/mol. The monoisotopic (exact) mass is 176 g/mol. The smallest absolute Gasteiger partial charge is 0.297 e. The molecule has 0 unspecified atom stereocenters. The van der Waals surface area contributed by atoms with Crippen LogP contribution >= 0.6 is 0 Å². The molecule has 0 fully saturated rings. The summed E-state index contributed by atoms with van der Waals surface area (Å²) in [6.45, 7) is 0.167. The number of nitrogens with two attached hydrogens (primary N) is 1. The summed E-state index contributed by atoms with van der Waals surface area (Å²) in [4.78, 5) is 0. The zero-order chi connectivity index (χ0) is 8.48. The van der Waals surface area contributed by atoms with Gasteiger partial charge in [0.15, 0.2) is 5.03 Å². The Kier molecular flexibility index (Phi) is 1.97. The van der Waals surface area contributed by atoms with Crippen molar-refractivity contribution in [2.45, 2.75) is 0 Å². The number of hydrogen-bond donors (Lipinski definition) is 1. The number of rotatable bonds is 2. The molecule has 11 heavy (non-hydrogen) atoms. The minimum Gasteiger partial charge on any atom is -0.388 e. The number of methoxy groups -OCH3 is 1. The topological polar surface area (TPSA) is 81.8 Å². The highest BCUT2D eigenvalue weighted by Crippen LogP contribution is 2.10. The first-order chi connectivity index (χ1) is 5.06. The van der Waals surface area contributed by atoms with Gasteiger partial charge in [0.25, 0.3) is 10.0 Å². The van der Waals surface area contributed by atoms with E-state index in [0.29, 0.717) is 5.71 Å². The van der Waals surface area contributed by atoms with Crippen molar-refractivity contribution >= 4 is 15.7 Å². The lowest BCUT2D eigenvalue weighted by molar-refractivity contribution is 0.246. The normalized spacial score (nSPS) is 21.2. The quantitative estimate of drug-likeness (QED) is 0.598. The number of sulfonamides is 1. The maximum Gasteiger partial charge on any atom is 0.297 e. The minimum absolute atomic E-state index is 0.167. The van der Waals surface area contributed by atoms with Crippen LogP contribution in [0.2, 0.25) is 0 Å². The van der Waals surface area contributed by atoms with Crippen molar-refractivity contribution in [1.29, 1.82) is 0 Å². The maximum absolute atomic E-state index is 10.8. The van der Waals surface area contributed by atoms with E-state index in [1.54, 1.807) is 0 Å². The molecule has 0 amide bonds. The van der Waals surface area contributed by atoms with Crippen molar-refractivity contribution in [3.05, 3.63) is 11.1 Å². The van der Waals surface area contributed by atoms with Crippen molar-refractivity contribution in [2.75, 3.05) is 13.7 Å². The zero-order valence-corrected chi connectivity index (χ0v) is 6.76. The van der Waals surface area contributed by atoms with E-state index in [9.17, 15) is 8.42 Å². The first-order valence-electron chi connectivity index (χ1n) is 2.86. The number of hydrogen-bond acceptors (Lipinski definition) is 4. The molecule has 1 heterocycles. The average molecular weight is 176 g/mol. The van der Waals surface area contributed by atoms with Gasteiger partial charge < -0.3 is 10.5 Å². The molecule has 1 rings (SSSR count). The number of ether oxygens (including phenoxy) is 1. The Balaban J connectivity index is 2.92. The third-order valence-electron chi connectivity index (χ3n) is 1.14. The summed E-state index contributed by atoms with van der Waals surface area (Å²) in [6.07, 6.45) is 1.29. The van der Waals surface area contributed by atoms with E-state index in [0.717, 1.165) is 0 Å². The van der Waals surface area contributed by atoms with E-state index in [4.69, 9.17) is 5.73 Å². The molecule has 0 aromatic carbocycles. The summed E-state index contributed by atoms with van der Waals surface area (Å²) < 4.78 is 29.6. The minimum atomic E-state index is -3.55. The molecule has 0 saturated heterocycles. The molecule has 5 nitrogen and oxygen atoms in total. The summed E-state index contributed by atoms with van der Waals surface area (Å²) in [5.41, 5.74) is 5.47. The molecule has 0 aliphatic carbocycles. The maximum atomic E-state index is 10.8. The highest BCUT2D eigenvalue weighted by molar-refractivity contribution is 7.94. The second-order valence-corrected chi connectivity index (χ2v) is 3.64. The Morgan fingerprint density at radius 3 is 2.73 bits per heavy atom. The van der Waals surface area contributed by atoms with Crippen molar-refractivity contribution < 1.29 is 13.2 Å². The third kappa shape index (κ3) is 1.58. The van der Waals surface area contributed by atoms with Gasteiger partial charge >= 0.3 is 0 Å². The summed E-state index contributed by atoms with van der Waals surface area (Å²) in [7, 11) is -2.09. The first kappa shape index (κ1) is 8.22. The fourth-order valence-electron chi connectivity index (χ4n) is 0.688. The van der Waals surface area contributed by atoms with Crippen LogP contribution < -0.4 is 5.73 Å². The molecule has 1 aliphatic rings. The van der Waals surface area contributed by atoms with Crippen LogP contribution in [-0.4, -0.2) is 27.8 Å². The van der Waals surface area contributed by atoms with Gasteiger partial charge in [-0.1, -0.05) is 0 Å². The van der Waals surface area contributed by atoms with Crippen LogP contribution in [0.25, 0.3) is 0 Å². The fourth-order valence-corrected chi connectivity index (χ4v) is 1.49. The zero-order valence-electron chi connectivity index (χ0n) is 5.94. The second-order valence-electron chi connectivity index (χ2n) is 2.04. The molecular weight excluding hydrogens is 168 g/mol. The van der Waals surface area contributed by atoms with Crippen LogP contribution in [-0.2, 0) is 14.8 Å². The van der Waals surface area contributed by atoms with Crippen LogP contribution in [0.1, 0.15) is 0 Å². The molecule has 2 N–H and O–H groups in total. The fraction of sp³-hybridized carbons (Fsp3) is 0.400. The molecule has 0 atom stereocenters. The van der Waals surface area contributed by atoms with Crippen LogP contribution in [0.3, 0.4) is 0 Å². The van der Waals surface area contributed by atoms with Gasteiger partial charge in [0, 0.05) is 7.11 Å². The average Bonchev–Trinajstić information content (AvgIpc) is 2.08. The Morgan fingerprint density at radius 2 is 2.36 bits per heavy atom. The van der Waals surface area contributed by atoms with Crippen LogP contribution in [0.5, 0.6) is 0 Å². The van der Waals surface area contributed by atoms with Gasteiger partial charge in [-0.3, -0.25) is 0 Å². The van der Waals surface area contributed by atoms with E-state index < -0.39 is 10.0 Å². The molecular formula is C5H8N2O3S. The van der Waals surface area contributed by atoms with Gasteiger partial charge in [0.2, 0.25) is 0 Å². The van der Waals surface area contributed by atoms with Gasteiger partial charge in [-0.15, -0.1) is 0 Å². The molecule has 62 valence electrons. The predicted octanol–water partition coefficient (Wildman–Crippen LogP) is -0.783. The van der Waals surface area contributed by atoms with Gasteiger partial charge in [0.1, 0.15) is 0 Å². The van der Waals surface area contributed by atoms with Crippen molar-refractivity contribution in [3.63, 3.8) is 0 Å². The molecule has 1 aliphatic heterocycles. The SMILES string of the molecule is COCC1=NS(=O)(=O)C(N)=C1. The van der Waals surface area contributed by atoms with Crippen molar-refractivity contribution in [2.24, 2.45) is 10.1 Å². The Labute approximate surface area is 64.6 Å². The molecule has 0 aromatic rings. The van der Waals surface area contributed by atoms with Gasteiger partial charge in [-0.25, -0.2) is 0 Å². The van der Waals surface area contributed by atoms with Gasteiger partial charge in [0.05, 0.1) is 12.3 Å². The van der Waals surface area contributed by atoms with E-state index >= 15 is 0 Å². The molecule has 6 heteroatoms. The summed E-state index contributed by atoms with van der Waals surface area (Å²) in [5.74, 6) is 0. The van der Waals surface area contributed by atoms with E-state index in [1.807, 2.05) is 0 Å². The van der Waals surface area contributed by atoms with Crippen LogP contribution in [0.4, 0.5) is 0 Å². The van der Waals surface area contributed by atoms with E-state index in [2.05, 4.69) is 9.13 Å². The molecule has 0 radical (unpaired) electrons. The lowest BCUT2D eigenvalue weighted by atomic mass is 10.4. The first-order valence-corrected chi connectivity index (χ1v) is 4.30. The lowest BCUT2D eigenvalue weighted by Gasteiger charge is -1.90. The van der Waals surface area contributed by atoms with E-state index in [1.165, 1.54) is 13.2 Å².